The minimum atomic E-state index is -0.294. The Morgan fingerprint density at radius 3 is 2.80 bits per heavy atom. The number of hydrogen-bond acceptors (Lipinski definition) is 2. The van der Waals surface area contributed by atoms with Gasteiger partial charge in [-0.1, -0.05) is 12.1 Å². The van der Waals surface area contributed by atoms with Crippen LogP contribution in [0.25, 0.3) is 0 Å². The molecule has 3 rings (SSSR count). The highest BCUT2D eigenvalue weighted by Gasteiger charge is 2.16. The first kappa shape index (κ1) is 13.1. The number of aryl methyl sites for hydroxylation is 1. The van der Waals surface area contributed by atoms with Gasteiger partial charge in [0.25, 0.3) is 5.56 Å². The fourth-order valence-corrected chi connectivity index (χ4v) is 2.92. The lowest BCUT2D eigenvalue weighted by atomic mass is 10.1. The lowest BCUT2D eigenvalue weighted by Crippen LogP contribution is -2.24. The van der Waals surface area contributed by atoms with Gasteiger partial charge in [0.15, 0.2) is 0 Å². The zero-order valence-corrected chi connectivity index (χ0v) is 11.2. The lowest BCUT2D eigenvalue weighted by molar-refractivity contribution is 0.619. The first-order chi connectivity index (χ1) is 9.69. The summed E-state index contributed by atoms with van der Waals surface area (Å²) in [5, 5.41) is 0. The second-order valence-corrected chi connectivity index (χ2v) is 5.20. The topological polar surface area (TPSA) is 48.0 Å². The number of nitrogens with zero attached hydrogens (tertiary/aromatic N) is 1. The van der Waals surface area contributed by atoms with Crippen LogP contribution in [0.2, 0.25) is 0 Å². The largest absolute Gasteiger partial charge is 0.326 e. The molecule has 1 aliphatic carbocycles. The summed E-state index contributed by atoms with van der Waals surface area (Å²) in [5.41, 5.74) is 9.66. The van der Waals surface area contributed by atoms with Crippen LogP contribution in [0.3, 0.4) is 0 Å². The van der Waals surface area contributed by atoms with Gasteiger partial charge in [0.1, 0.15) is 5.82 Å². The highest BCUT2D eigenvalue weighted by atomic mass is 19.1. The van der Waals surface area contributed by atoms with Gasteiger partial charge in [-0.3, -0.25) is 4.79 Å². The Bertz CT molecular complexity index is 706. The van der Waals surface area contributed by atoms with Crippen molar-refractivity contribution in [1.29, 1.82) is 0 Å². The monoisotopic (exact) mass is 272 g/mol. The zero-order chi connectivity index (χ0) is 14.1. The van der Waals surface area contributed by atoms with Crippen LogP contribution in [0.5, 0.6) is 0 Å². The van der Waals surface area contributed by atoms with Gasteiger partial charge >= 0.3 is 0 Å². The SMILES string of the molecule is NCc1ccc(F)cc1Cn1c2c(ccc1=O)CCC2. The van der Waals surface area contributed by atoms with E-state index in [0.29, 0.717) is 13.1 Å². The van der Waals surface area contributed by atoms with Gasteiger partial charge < -0.3 is 10.3 Å². The van der Waals surface area contributed by atoms with Crippen LogP contribution in [-0.4, -0.2) is 4.57 Å². The van der Waals surface area contributed by atoms with E-state index in [1.807, 2.05) is 6.07 Å². The molecule has 2 N–H and O–H groups in total. The molecule has 0 bridgehead atoms. The van der Waals surface area contributed by atoms with E-state index in [1.54, 1.807) is 16.7 Å². The van der Waals surface area contributed by atoms with Crippen molar-refractivity contribution < 1.29 is 4.39 Å². The van der Waals surface area contributed by atoms with E-state index < -0.39 is 0 Å². The number of rotatable bonds is 3. The summed E-state index contributed by atoms with van der Waals surface area (Å²) in [5.74, 6) is -0.294. The summed E-state index contributed by atoms with van der Waals surface area (Å²) in [6.45, 7) is 0.742. The Hall–Kier alpha value is -1.94. The maximum atomic E-state index is 13.4. The Kier molecular flexibility index (Phi) is 3.40. The second-order valence-electron chi connectivity index (χ2n) is 5.20. The van der Waals surface area contributed by atoms with Crippen molar-refractivity contribution in [3.05, 3.63) is 68.9 Å². The van der Waals surface area contributed by atoms with Crippen molar-refractivity contribution in [2.24, 2.45) is 5.73 Å². The molecule has 0 fully saturated rings. The molecule has 1 heterocycles. The van der Waals surface area contributed by atoms with Crippen LogP contribution >= 0.6 is 0 Å². The first-order valence-electron chi connectivity index (χ1n) is 6.88. The van der Waals surface area contributed by atoms with E-state index >= 15 is 0 Å². The predicted octanol–water partition coefficient (Wildman–Crippen LogP) is 1.98. The molecule has 2 aromatic rings. The molecular weight excluding hydrogens is 255 g/mol. The second kappa shape index (κ2) is 5.21. The van der Waals surface area contributed by atoms with E-state index in [1.165, 1.54) is 17.7 Å². The van der Waals surface area contributed by atoms with Crippen molar-refractivity contribution in [3.8, 4) is 0 Å². The summed E-state index contributed by atoms with van der Waals surface area (Å²) in [4.78, 5) is 12.1. The first-order valence-corrected chi connectivity index (χ1v) is 6.88. The van der Waals surface area contributed by atoms with Crippen molar-refractivity contribution in [3.63, 3.8) is 0 Å². The van der Waals surface area contributed by atoms with Crippen molar-refractivity contribution in [2.45, 2.75) is 32.4 Å². The summed E-state index contributed by atoms with van der Waals surface area (Å²) < 4.78 is 15.2. The van der Waals surface area contributed by atoms with Gasteiger partial charge in [-0.05, 0) is 48.1 Å². The van der Waals surface area contributed by atoms with Gasteiger partial charge in [0.05, 0.1) is 6.54 Å². The standard InChI is InChI=1S/C16H17FN2O/c17-14-6-4-12(9-18)13(8-14)10-19-15-3-1-2-11(15)5-7-16(19)20/h4-8H,1-3,9-10,18H2. The molecule has 0 radical (unpaired) electrons. The van der Waals surface area contributed by atoms with Gasteiger partial charge in [-0.2, -0.15) is 0 Å². The number of halogens is 1. The molecule has 1 aromatic carbocycles. The fourth-order valence-electron chi connectivity index (χ4n) is 2.92. The van der Waals surface area contributed by atoms with E-state index in [4.69, 9.17) is 5.73 Å². The van der Waals surface area contributed by atoms with Crippen LogP contribution in [-0.2, 0) is 25.9 Å². The Morgan fingerprint density at radius 1 is 1.15 bits per heavy atom. The maximum absolute atomic E-state index is 13.4. The summed E-state index contributed by atoms with van der Waals surface area (Å²) in [7, 11) is 0. The van der Waals surface area contributed by atoms with Crippen molar-refractivity contribution >= 4 is 0 Å². The molecule has 0 atom stereocenters. The maximum Gasteiger partial charge on any atom is 0.251 e. The summed E-state index contributed by atoms with van der Waals surface area (Å²) >= 11 is 0. The van der Waals surface area contributed by atoms with Gasteiger partial charge in [0, 0.05) is 18.3 Å². The number of nitrogens with two attached hydrogens (primary N) is 1. The van der Waals surface area contributed by atoms with E-state index in [-0.39, 0.29) is 11.4 Å². The average Bonchev–Trinajstić information content (AvgIpc) is 2.91. The third-order valence-electron chi connectivity index (χ3n) is 3.97. The molecule has 3 nitrogen and oxygen atoms in total. The highest BCUT2D eigenvalue weighted by Crippen LogP contribution is 2.21. The molecule has 0 aliphatic heterocycles. The smallest absolute Gasteiger partial charge is 0.251 e. The van der Waals surface area contributed by atoms with Crippen LogP contribution in [0.15, 0.2) is 35.1 Å². The Labute approximate surface area is 116 Å². The van der Waals surface area contributed by atoms with Crippen LogP contribution in [0.1, 0.15) is 28.8 Å². The number of fused-ring (bicyclic) bond motifs is 1. The van der Waals surface area contributed by atoms with Gasteiger partial charge in [0.2, 0.25) is 0 Å². The highest BCUT2D eigenvalue weighted by molar-refractivity contribution is 5.31. The summed E-state index contributed by atoms with van der Waals surface area (Å²) in [6.07, 6.45) is 3.01. The molecule has 0 spiro atoms. The molecule has 0 saturated heterocycles. The van der Waals surface area contributed by atoms with Crippen LogP contribution in [0.4, 0.5) is 4.39 Å². The number of benzene rings is 1. The third-order valence-corrected chi connectivity index (χ3v) is 3.97. The summed E-state index contributed by atoms with van der Waals surface area (Å²) in [6, 6.07) is 8.09. The Balaban J connectivity index is 2.06. The molecule has 1 aromatic heterocycles. The zero-order valence-electron chi connectivity index (χ0n) is 11.2. The van der Waals surface area contributed by atoms with Crippen molar-refractivity contribution in [2.75, 3.05) is 0 Å². The van der Waals surface area contributed by atoms with E-state index in [2.05, 4.69) is 0 Å². The minimum Gasteiger partial charge on any atom is -0.326 e. The van der Waals surface area contributed by atoms with Crippen molar-refractivity contribution in [1.82, 2.24) is 4.57 Å². The molecule has 0 unspecified atom stereocenters. The van der Waals surface area contributed by atoms with Crippen LogP contribution in [0, 0.1) is 5.82 Å². The lowest BCUT2D eigenvalue weighted by Gasteiger charge is -2.14. The molecule has 104 valence electrons. The molecular formula is C16H17FN2O. The molecule has 20 heavy (non-hydrogen) atoms. The Morgan fingerprint density at radius 2 is 2.00 bits per heavy atom. The van der Waals surface area contributed by atoms with E-state index in [9.17, 15) is 9.18 Å². The molecule has 1 aliphatic rings. The quantitative estimate of drug-likeness (QED) is 0.928. The van der Waals surface area contributed by atoms with Crippen LogP contribution < -0.4 is 11.3 Å². The van der Waals surface area contributed by atoms with Gasteiger partial charge in [-0.25, -0.2) is 4.39 Å². The fraction of sp³-hybridized carbons (Fsp3) is 0.312. The number of hydrogen-bond donors (Lipinski definition) is 1. The third kappa shape index (κ3) is 2.27. The predicted molar refractivity (Wildman–Crippen MR) is 76.1 cm³/mol. The average molecular weight is 272 g/mol. The number of aromatic nitrogens is 1. The van der Waals surface area contributed by atoms with E-state index in [0.717, 1.165) is 36.1 Å². The normalized spacial score (nSPS) is 13.5. The van der Waals surface area contributed by atoms with Gasteiger partial charge in [-0.15, -0.1) is 0 Å². The minimum absolute atomic E-state index is 0.0297. The molecule has 0 saturated carbocycles. The number of pyridine rings is 1. The molecule has 0 amide bonds. The molecule has 4 heteroatoms.